The van der Waals surface area contributed by atoms with Gasteiger partial charge in [-0.25, -0.2) is 0 Å². The molecule has 0 fully saturated rings. The Bertz CT molecular complexity index is 603. The number of carbonyl (C=O) groups is 2. The van der Waals surface area contributed by atoms with Gasteiger partial charge in [-0.3, -0.25) is 9.59 Å². The molecule has 0 radical (unpaired) electrons. The molecule has 4 nitrogen and oxygen atoms in total. The molecule has 0 aliphatic heterocycles. The predicted molar refractivity (Wildman–Crippen MR) is 90.6 cm³/mol. The topological polar surface area (TPSA) is 52.6 Å². The van der Waals surface area contributed by atoms with E-state index in [1.165, 1.54) is 13.8 Å². The largest absolute Gasteiger partial charge is 0.461 e. The first-order valence-corrected chi connectivity index (χ1v) is 8.50. The fourth-order valence-corrected chi connectivity index (χ4v) is 5.37. The van der Waals surface area contributed by atoms with Crippen molar-refractivity contribution in [3.05, 3.63) is 21.2 Å². The van der Waals surface area contributed by atoms with E-state index >= 15 is 0 Å². The normalized spacial score (nSPS) is 31.7. The van der Waals surface area contributed by atoms with E-state index < -0.39 is 26.0 Å². The molecule has 2 bridgehead atoms. The van der Waals surface area contributed by atoms with Crippen LogP contribution in [-0.2, 0) is 19.1 Å². The van der Waals surface area contributed by atoms with Crippen LogP contribution in [0.3, 0.4) is 0 Å². The lowest BCUT2D eigenvalue weighted by Crippen LogP contribution is -2.46. The third-order valence-corrected chi connectivity index (χ3v) is 7.86. The summed E-state index contributed by atoms with van der Waals surface area (Å²) in [5, 5.41) is -0.121. The van der Waals surface area contributed by atoms with Crippen molar-refractivity contribution in [3.8, 4) is 0 Å². The summed E-state index contributed by atoms with van der Waals surface area (Å²) in [5.41, 5.74) is 0.482. The van der Waals surface area contributed by atoms with Crippen LogP contribution in [0.5, 0.6) is 0 Å². The van der Waals surface area contributed by atoms with E-state index in [9.17, 15) is 9.59 Å². The summed E-state index contributed by atoms with van der Waals surface area (Å²) in [7, 11) is 0. The van der Waals surface area contributed by atoms with Crippen LogP contribution in [0.1, 0.15) is 13.8 Å². The van der Waals surface area contributed by atoms with Gasteiger partial charge in [0.2, 0.25) is 0 Å². The van der Waals surface area contributed by atoms with Crippen molar-refractivity contribution >= 4 is 81.5 Å². The van der Waals surface area contributed by atoms with Gasteiger partial charge in [-0.2, -0.15) is 0 Å². The highest BCUT2D eigenvalue weighted by molar-refractivity contribution is 6.67. The number of esters is 2. The molecule has 0 aromatic heterocycles. The van der Waals surface area contributed by atoms with Crippen LogP contribution in [0.15, 0.2) is 21.2 Å². The van der Waals surface area contributed by atoms with Crippen molar-refractivity contribution < 1.29 is 19.1 Å². The van der Waals surface area contributed by atoms with E-state index in [0.717, 1.165) is 0 Å². The fraction of sp³-hybridized carbons (Fsp3) is 0.538. The summed E-state index contributed by atoms with van der Waals surface area (Å²) in [6.07, 6.45) is 0. The van der Waals surface area contributed by atoms with E-state index in [1.807, 2.05) is 0 Å². The minimum absolute atomic E-state index is 0.0606. The van der Waals surface area contributed by atoms with Crippen LogP contribution >= 0.6 is 69.6 Å². The molecule has 0 saturated carbocycles. The molecular weight excluding hydrogens is 433 g/mol. The number of carbonyl (C=O) groups excluding carboxylic acids is 2. The number of rotatable bonds is 4. The molecule has 0 N–H and O–H groups in total. The van der Waals surface area contributed by atoms with Gasteiger partial charge >= 0.3 is 11.9 Å². The number of ether oxygens (including phenoxy) is 2. The Morgan fingerprint density at radius 2 is 1.13 bits per heavy atom. The minimum atomic E-state index is -1.86. The molecule has 0 spiro atoms. The molecular formula is C13H10Cl6O4. The first-order valence-electron chi connectivity index (χ1n) is 6.23. The molecule has 0 unspecified atom stereocenters. The average Bonchev–Trinajstić information content (AvgIpc) is 2.63. The fourth-order valence-electron chi connectivity index (χ4n) is 2.60. The molecule has 128 valence electrons. The highest BCUT2D eigenvalue weighted by atomic mass is 35.5. The zero-order valence-corrected chi connectivity index (χ0v) is 16.4. The summed E-state index contributed by atoms with van der Waals surface area (Å²) in [6, 6.07) is 0. The Hall–Kier alpha value is 0.160. The van der Waals surface area contributed by atoms with Crippen LogP contribution in [-0.4, -0.2) is 39.2 Å². The quantitative estimate of drug-likeness (QED) is 0.371. The van der Waals surface area contributed by atoms with E-state index in [-0.39, 0.29) is 34.4 Å². The SMILES string of the molecule is CC(=O)OCC1=C(COC(C)=O)[C@@]2(Cl)C(Cl)=C(Cl)[C@]1(Cl)C2(Cl)Cl. The lowest BCUT2D eigenvalue weighted by molar-refractivity contribution is -0.141. The second kappa shape index (κ2) is 6.15. The molecule has 2 atom stereocenters. The number of alkyl halides is 4. The van der Waals surface area contributed by atoms with Crippen molar-refractivity contribution in [2.24, 2.45) is 0 Å². The van der Waals surface area contributed by atoms with Crippen LogP contribution in [0, 0.1) is 0 Å². The number of hydrogen-bond acceptors (Lipinski definition) is 4. The van der Waals surface area contributed by atoms with Crippen molar-refractivity contribution in [2.45, 2.75) is 27.9 Å². The van der Waals surface area contributed by atoms with Crippen molar-refractivity contribution in [2.75, 3.05) is 13.2 Å². The maximum atomic E-state index is 11.1. The summed E-state index contributed by atoms with van der Waals surface area (Å²) >= 11 is 38.3. The third kappa shape index (κ3) is 2.49. The highest BCUT2D eigenvalue weighted by Gasteiger charge is 2.78. The van der Waals surface area contributed by atoms with Gasteiger partial charge in [-0.1, -0.05) is 46.4 Å². The summed E-state index contributed by atoms with van der Waals surface area (Å²) < 4.78 is 8.10. The zero-order valence-electron chi connectivity index (χ0n) is 11.8. The highest BCUT2D eigenvalue weighted by Crippen LogP contribution is 2.74. The van der Waals surface area contributed by atoms with Gasteiger partial charge in [0.25, 0.3) is 0 Å². The van der Waals surface area contributed by atoms with Gasteiger partial charge in [-0.15, -0.1) is 23.2 Å². The third-order valence-electron chi connectivity index (χ3n) is 3.70. The van der Waals surface area contributed by atoms with Gasteiger partial charge in [0.15, 0.2) is 4.33 Å². The number of allylic oxidation sites excluding steroid dienone is 2. The number of halogens is 6. The number of hydrogen-bond donors (Lipinski definition) is 0. The second-order valence-corrected chi connectivity index (χ2v) is 8.25. The summed E-state index contributed by atoms with van der Waals surface area (Å²) in [5.74, 6) is -1.12. The molecule has 10 heteroatoms. The molecule has 2 rings (SSSR count). The molecule has 0 saturated heterocycles. The summed E-state index contributed by atoms with van der Waals surface area (Å²) in [4.78, 5) is 18.9. The first-order chi connectivity index (χ1) is 10.4. The van der Waals surface area contributed by atoms with Gasteiger partial charge in [0.05, 0.1) is 10.1 Å². The Morgan fingerprint density at radius 3 is 1.39 bits per heavy atom. The van der Waals surface area contributed by atoms with Crippen molar-refractivity contribution in [1.29, 1.82) is 0 Å². The smallest absolute Gasteiger partial charge is 0.302 e. The molecule has 23 heavy (non-hydrogen) atoms. The average molecular weight is 443 g/mol. The van der Waals surface area contributed by atoms with Crippen molar-refractivity contribution in [3.63, 3.8) is 0 Å². The van der Waals surface area contributed by atoms with Gasteiger partial charge in [0.1, 0.15) is 23.0 Å². The van der Waals surface area contributed by atoms with Crippen molar-refractivity contribution in [1.82, 2.24) is 0 Å². The standard InChI is InChI=1S/C13H10Cl6O4/c1-5(20)22-3-7-8(4-23-6(2)21)12(17)10(15)9(14)11(7,16)13(12,18)19/h3-4H2,1-2H3/t11-,12+. The maximum Gasteiger partial charge on any atom is 0.302 e. The first kappa shape index (κ1) is 19.5. The summed E-state index contributed by atoms with van der Waals surface area (Å²) in [6.45, 7) is 1.89. The molecule has 2 aliphatic rings. The predicted octanol–water partition coefficient (Wildman–Crippen LogP) is 4.25. The van der Waals surface area contributed by atoms with E-state index in [4.69, 9.17) is 79.1 Å². The van der Waals surface area contributed by atoms with Crippen LogP contribution in [0.4, 0.5) is 0 Å². The Balaban J connectivity index is 2.59. The van der Waals surface area contributed by atoms with Crippen LogP contribution in [0.2, 0.25) is 0 Å². The zero-order chi connectivity index (χ0) is 17.8. The van der Waals surface area contributed by atoms with E-state index in [1.54, 1.807) is 0 Å². The number of fused-ring (bicyclic) bond motifs is 2. The molecule has 0 amide bonds. The molecule has 0 aromatic rings. The van der Waals surface area contributed by atoms with Gasteiger partial charge in [0, 0.05) is 25.0 Å². The maximum absolute atomic E-state index is 11.1. The van der Waals surface area contributed by atoms with Crippen LogP contribution in [0.25, 0.3) is 0 Å². The lowest BCUT2D eigenvalue weighted by Gasteiger charge is -2.33. The lowest BCUT2D eigenvalue weighted by atomic mass is 9.96. The van der Waals surface area contributed by atoms with Crippen LogP contribution < -0.4 is 0 Å². The van der Waals surface area contributed by atoms with Gasteiger partial charge < -0.3 is 9.47 Å². The van der Waals surface area contributed by atoms with Gasteiger partial charge in [-0.05, 0) is 0 Å². The minimum Gasteiger partial charge on any atom is -0.461 e. The van der Waals surface area contributed by atoms with E-state index in [0.29, 0.717) is 0 Å². The Labute approximate surface area is 162 Å². The monoisotopic (exact) mass is 440 g/mol. The molecule has 2 aliphatic carbocycles. The van der Waals surface area contributed by atoms with E-state index in [2.05, 4.69) is 0 Å². The molecule has 0 heterocycles. The second-order valence-electron chi connectivity index (χ2n) is 5.04. The Morgan fingerprint density at radius 1 is 0.826 bits per heavy atom. The molecule has 0 aromatic carbocycles. The Kier molecular flexibility index (Phi) is 5.21.